The Hall–Kier alpha value is -2.44. The van der Waals surface area contributed by atoms with Crippen molar-refractivity contribution in [1.82, 2.24) is 5.32 Å². The summed E-state index contributed by atoms with van der Waals surface area (Å²) in [5.41, 5.74) is 3.06. The van der Waals surface area contributed by atoms with Crippen molar-refractivity contribution in [3.05, 3.63) is 71.3 Å². The van der Waals surface area contributed by atoms with Gasteiger partial charge in [-0.1, -0.05) is 42.0 Å². The average molecular weight is 344 g/mol. The Labute approximate surface area is 142 Å². The van der Waals surface area contributed by atoms with Crippen LogP contribution in [0.5, 0.6) is 0 Å². The maximum absolute atomic E-state index is 11.8. The molecule has 0 heterocycles. The van der Waals surface area contributed by atoms with Gasteiger partial charge in [0.05, 0.1) is 4.90 Å². The number of nitrogens with one attached hydrogen (secondary N) is 1. The summed E-state index contributed by atoms with van der Waals surface area (Å²) in [7, 11) is -3.67. The number of aryl methyl sites for hydroxylation is 1. The molecule has 6 heteroatoms. The third-order valence-electron chi connectivity index (χ3n) is 3.47. The van der Waals surface area contributed by atoms with Gasteiger partial charge >= 0.3 is 0 Å². The van der Waals surface area contributed by atoms with Crippen LogP contribution in [0.15, 0.2) is 59.5 Å². The smallest absolute Gasteiger partial charge is 0.244 e. The fraction of sp³-hybridized carbons (Fsp3) is 0.167. The maximum atomic E-state index is 11.8. The highest BCUT2D eigenvalue weighted by atomic mass is 32.2. The average Bonchev–Trinajstić information content (AvgIpc) is 2.54. The first kappa shape index (κ1) is 17.9. The summed E-state index contributed by atoms with van der Waals surface area (Å²) < 4.78 is 22.3. The molecular formula is C18H20N2O3S. The molecular weight excluding hydrogens is 324 g/mol. The molecule has 5 nitrogen and oxygen atoms in total. The molecule has 2 rings (SSSR count). The molecule has 0 aliphatic carbocycles. The molecule has 1 amide bonds. The highest BCUT2D eigenvalue weighted by Gasteiger charge is 2.06. The lowest BCUT2D eigenvalue weighted by Crippen LogP contribution is -2.23. The van der Waals surface area contributed by atoms with Crippen molar-refractivity contribution in [3.63, 3.8) is 0 Å². The molecule has 126 valence electrons. The first-order valence-corrected chi connectivity index (χ1v) is 9.03. The van der Waals surface area contributed by atoms with Crippen LogP contribution in [-0.2, 0) is 21.2 Å². The summed E-state index contributed by atoms with van der Waals surface area (Å²) in [6.07, 6.45) is 3.86. The summed E-state index contributed by atoms with van der Waals surface area (Å²) in [5, 5.41) is 7.83. The number of hydrogen-bond donors (Lipinski definition) is 2. The molecule has 0 unspecified atom stereocenters. The van der Waals surface area contributed by atoms with Gasteiger partial charge in [-0.25, -0.2) is 13.6 Å². The van der Waals surface area contributed by atoms with Crippen LogP contribution < -0.4 is 10.5 Å². The van der Waals surface area contributed by atoms with E-state index in [4.69, 9.17) is 5.14 Å². The number of primary sulfonamides is 1. The molecule has 0 saturated heterocycles. The Bertz CT molecular complexity index is 824. The second kappa shape index (κ2) is 7.90. The topological polar surface area (TPSA) is 89.3 Å². The van der Waals surface area contributed by atoms with E-state index in [0.29, 0.717) is 13.0 Å². The molecule has 0 saturated carbocycles. The Morgan fingerprint density at radius 2 is 1.71 bits per heavy atom. The molecule has 0 fully saturated rings. The van der Waals surface area contributed by atoms with E-state index in [2.05, 4.69) is 5.32 Å². The Kier molecular flexibility index (Phi) is 5.89. The summed E-state index contributed by atoms with van der Waals surface area (Å²) in [4.78, 5) is 11.8. The van der Waals surface area contributed by atoms with Crippen molar-refractivity contribution in [1.29, 1.82) is 0 Å². The van der Waals surface area contributed by atoms with Gasteiger partial charge < -0.3 is 5.32 Å². The van der Waals surface area contributed by atoms with Crippen molar-refractivity contribution in [2.75, 3.05) is 6.54 Å². The normalized spacial score (nSPS) is 11.6. The Balaban J connectivity index is 1.81. The van der Waals surface area contributed by atoms with Crippen LogP contribution in [0.25, 0.3) is 6.08 Å². The van der Waals surface area contributed by atoms with Crippen molar-refractivity contribution < 1.29 is 13.2 Å². The molecule has 2 aromatic rings. The number of benzene rings is 2. The van der Waals surface area contributed by atoms with Gasteiger partial charge in [0.15, 0.2) is 0 Å². The van der Waals surface area contributed by atoms with Gasteiger partial charge in [0.1, 0.15) is 0 Å². The van der Waals surface area contributed by atoms with Gasteiger partial charge in [-0.2, -0.15) is 0 Å². The SMILES string of the molecule is Cc1ccc(/C=C/C(=O)NCCc2ccc(S(N)(=O)=O)cc2)cc1. The zero-order chi connectivity index (χ0) is 17.6. The number of sulfonamides is 1. The molecule has 2 aromatic carbocycles. The van der Waals surface area contributed by atoms with Gasteiger partial charge in [-0.15, -0.1) is 0 Å². The van der Waals surface area contributed by atoms with Crippen LogP contribution in [0.2, 0.25) is 0 Å². The number of amides is 1. The number of hydrogen-bond acceptors (Lipinski definition) is 3. The Morgan fingerprint density at radius 3 is 2.29 bits per heavy atom. The summed E-state index contributed by atoms with van der Waals surface area (Å²) in [5.74, 6) is -0.170. The van der Waals surface area contributed by atoms with Crippen LogP contribution in [0, 0.1) is 6.92 Å². The minimum Gasteiger partial charge on any atom is -0.352 e. The first-order chi connectivity index (χ1) is 11.3. The minimum absolute atomic E-state index is 0.0799. The third kappa shape index (κ3) is 5.64. The van der Waals surface area contributed by atoms with Crippen LogP contribution in [0.4, 0.5) is 0 Å². The van der Waals surface area contributed by atoms with Crippen LogP contribution in [-0.4, -0.2) is 20.9 Å². The molecule has 3 N–H and O–H groups in total. The summed E-state index contributed by atoms with van der Waals surface area (Å²) >= 11 is 0. The minimum atomic E-state index is -3.67. The highest BCUT2D eigenvalue weighted by molar-refractivity contribution is 7.89. The molecule has 0 aromatic heterocycles. The number of carbonyl (C=O) groups is 1. The lowest BCUT2D eigenvalue weighted by atomic mass is 10.1. The van der Waals surface area contributed by atoms with Crippen molar-refractivity contribution in [2.45, 2.75) is 18.2 Å². The molecule has 0 atom stereocenters. The number of nitrogens with two attached hydrogens (primary N) is 1. The fourth-order valence-electron chi connectivity index (χ4n) is 2.08. The van der Waals surface area contributed by atoms with E-state index in [9.17, 15) is 13.2 Å². The second-order valence-corrected chi connectivity index (χ2v) is 7.04. The zero-order valence-electron chi connectivity index (χ0n) is 13.4. The molecule has 0 radical (unpaired) electrons. The monoisotopic (exact) mass is 344 g/mol. The molecule has 0 aliphatic rings. The van der Waals surface area contributed by atoms with E-state index in [1.807, 2.05) is 31.2 Å². The van der Waals surface area contributed by atoms with Crippen LogP contribution in [0.3, 0.4) is 0 Å². The molecule has 24 heavy (non-hydrogen) atoms. The summed E-state index contributed by atoms with van der Waals surface area (Å²) in [6, 6.07) is 14.2. The highest BCUT2D eigenvalue weighted by Crippen LogP contribution is 2.09. The lowest BCUT2D eigenvalue weighted by molar-refractivity contribution is -0.116. The van der Waals surface area contributed by atoms with E-state index >= 15 is 0 Å². The molecule has 0 aliphatic heterocycles. The molecule has 0 bridgehead atoms. The lowest BCUT2D eigenvalue weighted by Gasteiger charge is -2.04. The van der Waals surface area contributed by atoms with E-state index < -0.39 is 10.0 Å². The van der Waals surface area contributed by atoms with Gasteiger partial charge in [-0.05, 0) is 42.7 Å². The number of rotatable bonds is 6. The predicted molar refractivity (Wildman–Crippen MR) is 94.7 cm³/mol. The summed E-state index contributed by atoms with van der Waals surface area (Å²) in [6.45, 7) is 2.47. The van der Waals surface area contributed by atoms with Gasteiger partial charge in [0.2, 0.25) is 15.9 Å². The van der Waals surface area contributed by atoms with E-state index in [0.717, 1.165) is 11.1 Å². The Morgan fingerprint density at radius 1 is 1.08 bits per heavy atom. The third-order valence-corrected chi connectivity index (χ3v) is 4.40. The largest absolute Gasteiger partial charge is 0.352 e. The van der Waals surface area contributed by atoms with Gasteiger partial charge in [-0.3, -0.25) is 4.79 Å². The van der Waals surface area contributed by atoms with Crippen molar-refractivity contribution in [2.24, 2.45) is 5.14 Å². The fourth-order valence-corrected chi connectivity index (χ4v) is 2.60. The number of carbonyl (C=O) groups excluding carboxylic acids is 1. The maximum Gasteiger partial charge on any atom is 0.244 e. The van der Waals surface area contributed by atoms with E-state index in [1.54, 1.807) is 18.2 Å². The first-order valence-electron chi connectivity index (χ1n) is 7.49. The van der Waals surface area contributed by atoms with Gasteiger partial charge in [0.25, 0.3) is 0 Å². The second-order valence-electron chi connectivity index (χ2n) is 5.47. The van der Waals surface area contributed by atoms with E-state index in [1.165, 1.54) is 23.8 Å². The van der Waals surface area contributed by atoms with Crippen LogP contribution >= 0.6 is 0 Å². The standard InChI is InChI=1S/C18H20N2O3S/c1-14-2-4-15(5-3-14)8-11-18(21)20-13-12-16-6-9-17(10-7-16)24(19,22)23/h2-11H,12-13H2,1H3,(H,20,21)(H2,19,22,23)/b11-8+. The quantitative estimate of drug-likeness (QED) is 0.786. The predicted octanol–water partition coefficient (Wildman–Crippen LogP) is 2.01. The van der Waals surface area contributed by atoms with Crippen molar-refractivity contribution in [3.8, 4) is 0 Å². The van der Waals surface area contributed by atoms with E-state index in [-0.39, 0.29) is 10.8 Å². The zero-order valence-corrected chi connectivity index (χ0v) is 14.2. The van der Waals surface area contributed by atoms with Gasteiger partial charge in [0, 0.05) is 12.6 Å². The van der Waals surface area contributed by atoms with Crippen LogP contribution in [0.1, 0.15) is 16.7 Å². The van der Waals surface area contributed by atoms with Crippen molar-refractivity contribution >= 4 is 22.0 Å². The molecule has 0 spiro atoms.